The number of ether oxygens (including phenoxy) is 1. The molecule has 222 valence electrons. The highest BCUT2D eigenvalue weighted by molar-refractivity contribution is 7.46. The van der Waals surface area contributed by atoms with Crippen LogP contribution in [0.25, 0.3) is 11.1 Å². The van der Waals surface area contributed by atoms with Gasteiger partial charge >= 0.3 is 14.0 Å². The fourth-order valence-electron chi connectivity index (χ4n) is 3.86. The molecule has 0 atom stereocenters. The summed E-state index contributed by atoms with van der Waals surface area (Å²) in [6, 6.07) is 10.2. The maximum atomic E-state index is 13.0. The summed E-state index contributed by atoms with van der Waals surface area (Å²) in [5.41, 5.74) is 0.970. The largest absolute Gasteiger partial charge is 0.475 e. The third kappa shape index (κ3) is 9.51. The van der Waals surface area contributed by atoms with E-state index < -0.39 is 32.2 Å². The topological polar surface area (TPSA) is 154 Å². The van der Waals surface area contributed by atoms with Gasteiger partial charge in [0, 0.05) is 36.6 Å². The van der Waals surface area contributed by atoms with Crippen molar-refractivity contribution >= 4 is 25.2 Å². The number of halogens is 3. The Morgan fingerprint density at radius 2 is 1.85 bits per heavy atom. The highest BCUT2D eigenvalue weighted by atomic mass is 31.2. The van der Waals surface area contributed by atoms with Crippen LogP contribution in [0.2, 0.25) is 0 Å². The number of nitrogens with one attached hydrogen (secondary N) is 1. The molecular formula is C26H30F3N4O7P. The number of hydrogen-bond acceptors (Lipinski definition) is 8. The molecule has 0 bridgehead atoms. The van der Waals surface area contributed by atoms with Crippen LogP contribution in [0.4, 0.5) is 24.7 Å². The van der Waals surface area contributed by atoms with Crippen LogP contribution >= 0.6 is 7.82 Å². The molecule has 0 aliphatic heterocycles. The number of rotatable bonds is 13. The molecule has 0 aliphatic carbocycles. The predicted molar refractivity (Wildman–Crippen MR) is 145 cm³/mol. The van der Waals surface area contributed by atoms with Gasteiger partial charge in [-0.25, -0.2) is 4.57 Å². The van der Waals surface area contributed by atoms with Crippen molar-refractivity contribution in [2.75, 3.05) is 43.1 Å². The summed E-state index contributed by atoms with van der Waals surface area (Å²) in [6.07, 6.45) is -3.03. The van der Waals surface area contributed by atoms with Crippen molar-refractivity contribution in [2.45, 2.75) is 26.4 Å². The number of amides is 1. The lowest BCUT2D eigenvalue weighted by atomic mass is 10.00. The number of benzene rings is 1. The lowest BCUT2D eigenvalue weighted by Gasteiger charge is -2.24. The Labute approximate surface area is 234 Å². The monoisotopic (exact) mass is 598 g/mol. The van der Waals surface area contributed by atoms with Crippen molar-refractivity contribution in [2.24, 2.45) is 0 Å². The van der Waals surface area contributed by atoms with E-state index in [4.69, 9.17) is 14.5 Å². The minimum atomic E-state index is -4.70. The summed E-state index contributed by atoms with van der Waals surface area (Å²) in [6.45, 7) is 3.89. The second-order valence-electron chi connectivity index (χ2n) is 8.85. The quantitative estimate of drug-likeness (QED) is 0.164. The first-order valence-corrected chi connectivity index (χ1v) is 14.0. The van der Waals surface area contributed by atoms with Gasteiger partial charge in [-0.3, -0.25) is 14.3 Å². The number of phosphoric ester groups is 1. The Bertz CT molecular complexity index is 1400. The summed E-state index contributed by atoms with van der Waals surface area (Å²) >= 11 is 0. The van der Waals surface area contributed by atoms with Crippen LogP contribution in [0.15, 0.2) is 48.7 Å². The lowest BCUT2D eigenvalue weighted by Crippen LogP contribution is -2.28. The molecule has 1 aromatic carbocycles. The average Bonchev–Trinajstić information content (AvgIpc) is 2.91. The Morgan fingerprint density at radius 3 is 2.51 bits per heavy atom. The zero-order valence-electron chi connectivity index (χ0n) is 22.3. The number of carbonyl (C=O) groups excluding carboxylic acids is 1. The molecule has 4 N–H and O–H groups in total. The van der Waals surface area contributed by atoms with Crippen LogP contribution in [0.5, 0.6) is 5.88 Å². The molecule has 0 unspecified atom stereocenters. The van der Waals surface area contributed by atoms with E-state index >= 15 is 0 Å². The second-order valence-corrected chi connectivity index (χ2v) is 10.1. The third-order valence-electron chi connectivity index (χ3n) is 5.69. The normalized spacial score (nSPS) is 11.8. The summed E-state index contributed by atoms with van der Waals surface area (Å²) in [7, 11) is -4.68. The van der Waals surface area contributed by atoms with Gasteiger partial charge in [0.15, 0.2) is 0 Å². The number of phosphoric acid groups is 1. The first-order valence-electron chi connectivity index (χ1n) is 12.5. The number of hydrogen-bond donors (Lipinski definition) is 4. The SMILES string of the molecule is CCCN(CCO)c1cc(-c2cc(NC(=O)c3ccnc(C(F)(F)F)c3)ccc2C)cc(OCCOP(=O)(O)O)n1. The zero-order chi connectivity index (χ0) is 30.2. The number of aliphatic hydroxyl groups excluding tert-OH is 1. The highest BCUT2D eigenvalue weighted by Gasteiger charge is 2.33. The molecule has 2 heterocycles. The van der Waals surface area contributed by atoms with Gasteiger partial charge in [-0.2, -0.15) is 18.2 Å². The first-order chi connectivity index (χ1) is 19.3. The van der Waals surface area contributed by atoms with E-state index in [0.29, 0.717) is 35.2 Å². The van der Waals surface area contributed by atoms with Crippen LogP contribution in [0, 0.1) is 6.92 Å². The first kappa shape index (κ1) is 32.0. The van der Waals surface area contributed by atoms with Gasteiger partial charge in [-0.1, -0.05) is 13.0 Å². The average molecular weight is 599 g/mol. The molecule has 15 heteroatoms. The molecule has 41 heavy (non-hydrogen) atoms. The molecule has 11 nitrogen and oxygen atoms in total. The van der Waals surface area contributed by atoms with Gasteiger partial charge in [0.1, 0.15) is 18.1 Å². The number of aryl methyl sites for hydroxylation is 1. The Hall–Kier alpha value is -3.55. The van der Waals surface area contributed by atoms with Gasteiger partial charge in [0.2, 0.25) is 5.88 Å². The Kier molecular flexibility index (Phi) is 10.8. The highest BCUT2D eigenvalue weighted by Crippen LogP contribution is 2.36. The molecule has 3 rings (SSSR count). The summed E-state index contributed by atoms with van der Waals surface area (Å²) in [4.78, 5) is 40.1. The fraction of sp³-hybridized carbons (Fsp3) is 0.346. The molecule has 0 spiro atoms. The smallest absolute Gasteiger partial charge is 0.469 e. The van der Waals surface area contributed by atoms with Crippen LogP contribution in [-0.2, 0) is 15.3 Å². The maximum absolute atomic E-state index is 13.0. The molecule has 3 aromatic rings. The van der Waals surface area contributed by atoms with Crippen molar-refractivity contribution in [3.05, 3.63) is 65.5 Å². The molecule has 0 radical (unpaired) electrons. The summed E-state index contributed by atoms with van der Waals surface area (Å²) in [5.74, 6) is -0.167. The molecule has 1 amide bonds. The Morgan fingerprint density at radius 1 is 1.10 bits per heavy atom. The van der Waals surface area contributed by atoms with Crippen molar-refractivity contribution in [1.82, 2.24) is 9.97 Å². The van der Waals surface area contributed by atoms with E-state index in [1.54, 1.807) is 30.3 Å². The minimum Gasteiger partial charge on any atom is -0.475 e. The van der Waals surface area contributed by atoms with Crippen molar-refractivity contribution in [1.29, 1.82) is 0 Å². The molecule has 0 fully saturated rings. The predicted octanol–water partition coefficient (Wildman–Crippen LogP) is 4.42. The lowest BCUT2D eigenvalue weighted by molar-refractivity contribution is -0.141. The number of nitrogens with zero attached hydrogens (tertiary/aromatic N) is 3. The third-order valence-corrected chi connectivity index (χ3v) is 6.21. The second kappa shape index (κ2) is 13.9. The number of aromatic nitrogens is 2. The van der Waals surface area contributed by atoms with Gasteiger partial charge in [-0.15, -0.1) is 0 Å². The van der Waals surface area contributed by atoms with E-state index in [-0.39, 0.29) is 31.2 Å². The number of aliphatic hydroxyl groups is 1. The van der Waals surface area contributed by atoms with Gasteiger partial charge in [0.25, 0.3) is 5.91 Å². The standard InChI is InChI=1S/C26H30F3N4O7P/c1-3-8-33(9-10-34)23-14-19(15-24(32-23)39-11-12-40-41(36,37)38)21-16-20(5-4-17(21)2)31-25(35)18-6-7-30-22(13-18)26(27,28)29/h4-7,13-16,34H,3,8-12H2,1-2H3,(H,31,35)(H2,36,37,38). The Balaban J connectivity index is 1.94. The molecular weight excluding hydrogens is 568 g/mol. The fourth-order valence-corrected chi connectivity index (χ4v) is 4.17. The zero-order valence-corrected chi connectivity index (χ0v) is 23.2. The van der Waals surface area contributed by atoms with Crippen LogP contribution < -0.4 is 15.0 Å². The van der Waals surface area contributed by atoms with E-state index in [9.17, 15) is 27.6 Å². The van der Waals surface area contributed by atoms with Crippen molar-refractivity contribution < 1.29 is 46.7 Å². The van der Waals surface area contributed by atoms with Crippen molar-refractivity contribution in [3.8, 4) is 17.0 Å². The minimum absolute atomic E-state index is 0.121. The molecule has 2 aromatic heterocycles. The van der Waals surface area contributed by atoms with E-state index in [2.05, 4.69) is 19.8 Å². The molecule has 0 saturated heterocycles. The van der Waals surface area contributed by atoms with E-state index in [1.165, 1.54) is 6.07 Å². The number of anilines is 2. The van der Waals surface area contributed by atoms with Gasteiger partial charge in [0.05, 0.1) is 13.2 Å². The van der Waals surface area contributed by atoms with Crippen molar-refractivity contribution in [3.63, 3.8) is 0 Å². The van der Waals surface area contributed by atoms with Gasteiger partial charge in [-0.05, 0) is 60.4 Å². The van der Waals surface area contributed by atoms with E-state index in [1.807, 2.05) is 18.7 Å². The molecule has 0 aliphatic rings. The van der Waals surface area contributed by atoms with Gasteiger partial charge < -0.3 is 29.8 Å². The summed E-state index contributed by atoms with van der Waals surface area (Å²) in [5, 5.41) is 12.2. The van der Waals surface area contributed by atoms with Crippen LogP contribution in [0.3, 0.4) is 0 Å². The number of pyridine rings is 2. The number of carbonyl (C=O) groups is 1. The van der Waals surface area contributed by atoms with Crippen LogP contribution in [0.1, 0.15) is 35.0 Å². The van der Waals surface area contributed by atoms with Crippen LogP contribution in [-0.4, -0.2) is 63.7 Å². The maximum Gasteiger partial charge on any atom is 0.469 e. The van der Waals surface area contributed by atoms with E-state index in [0.717, 1.165) is 18.2 Å². The summed E-state index contributed by atoms with van der Waals surface area (Å²) < 4.78 is 60.1. The molecule has 0 saturated carbocycles. The number of alkyl halides is 3.